The molecule has 0 saturated carbocycles. The molecule has 110 valence electrons. The topological polar surface area (TPSA) is 43.0 Å². The van der Waals surface area contributed by atoms with E-state index in [1.54, 1.807) is 0 Å². The van der Waals surface area contributed by atoms with Gasteiger partial charge in [0.1, 0.15) is 5.76 Å². The smallest absolute Gasteiger partial charge is 0.208 e. The van der Waals surface area contributed by atoms with Crippen LogP contribution in [0.1, 0.15) is 28.6 Å². The average Bonchev–Trinajstić information content (AvgIpc) is 2.92. The van der Waals surface area contributed by atoms with Crippen LogP contribution in [-0.4, -0.2) is 9.55 Å². The fraction of sp³-hybridized carbons (Fsp3) is 0.353. The van der Waals surface area contributed by atoms with Crippen molar-refractivity contribution in [2.24, 2.45) is 7.05 Å². The fourth-order valence-corrected chi connectivity index (χ4v) is 2.79. The highest BCUT2D eigenvalue weighted by molar-refractivity contribution is 5.85. The van der Waals surface area contributed by atoms with Crippen molar-refractivity contribution < 1.29 is 4.42 Å². The quantitative estimate of drug-likeness (QED) is 0.798. The molecule has 3 aromatic rings. The minimum atomic E-state index is 0.648. The first-order valence-electron chi connectivity index (χ1n) is 7.24. The molecule has 0 aliphatic carbocycles. The molecule has 0 aliphatic rings. The number of nitrogens with zero attached hydrogens (tertiary/aromatic N) is 2. The van der Waals surface area contributed by atoms with Crippen LogP contribution < -0.4 is 5.32 Å². The highest BCUT2D eigenvalue weighted by Crippen LogP contribution is 2.24. The molecule has 0 amide bonds. The minimum Gasteiger partial charge on any atom is -0.444 e. The molecule has 0 bridgehead atoms. The highest BCUT2D eigenvalue weighted by atomic mass is 16.4. The maximum Gasteiger partial charge on any atom is 0.208 e. The van der Waals surface area contributed by atoms with Gasteiger partial charge in [-0.1, -0.05) is 18.2 Å². The molecule has 2 heterocycles. The van der Waals surface area contributed by atoms with Crippen molar-refractivity contribution in [3.05, 3.63) is 52.9 Å². The molecule has 21 heavy (non-hydrogen) atoms. The van der Waals surface area contributed by atoms with Crippen molar-refractivity contribution in [3.63, 3.8) is 0 Å². The number of fused-ring (bicyclic) bond motifs is 1. The predicted molar refractivity (Wildman–Crippen MR) is 84.2 cm³/mol. The molecule has 0 saturated heterocycles. The number of nitrogens with one attached hydrogen (secondary N) is 1. The highest BCUT2D eigenvalue weighted by Gasteiger charge is 2.11. The lowest BCUT2D eigenvalue weighted by Crippen LogP contribution is -2.15. The third-order valence-corrected chi connectivity index (χ3v) is 4.15. The summed E-state index contributed by atoms with van der Waals surface area (Å²) >= 11 is 0. The number of aryl methyl sites for hydroxylation is 4. The Bertz CT molecular complexity index is 724. The summed E-state index contributed by atoms with van der Waals surface area (Å²) in [5.41, 5.74) is 4.87. The first-order valence-corrected chi connectivity index (χ1v) is 7.24. The number of benzene rings is 1. The van der Waals surface area contributed by atoms with Crippen LogP contribution in [-0.2, 0) is 20.1 Å². The van der Waals surface area contributed by atoms with Gasteiger partial charge in [-0.05, 0) is 32.4 Å². The van der Waals surface area contributed by atoms with E-state index in [2.05, 4.69) is 53.1 Å². The Morgan fingerprint density at radius 1 is 1.14 bits per heavy atom. The minimum absolute atomic E-state index is 0.648. The van der Waals surface area contributed by atoms with E-state index in [-0.39, 0.29) is 0 Å². The SMILES string of the molecule is Cc1nc(CNCc2c(C)c3ccccc3n2C)oc1C. The van der Waals surface area contributed by atoms with Crippen LogP contribution in [0.4, 0.5) is 0 Å². The van der Waals surface area contributed by atoms with Gasteiger partial charge in [-0.3, -0.25) is 0 Å². The van der Waals surface area contributed by atoms with Crippen LogP contribution in [0.2, 0.25) is 0 Å². The monoisotopic (exact) mass is 283 g/mol. The summed E-state index contributed by atoms with van der Waals surface area (Å²) in [4.78, 5) is 4.39. The molecule has 1 N–H and O–H groups in total. The number of oxazole rings is 1. The molecule has 0 spiro atoms. The lowest BCUT2D eigenvalue weighted by molar-refractivity contribution is 0.447. The second kappa shape index (κ2) is 5.37. The first kappa shape index (κ1) is 13.9. The van der Waals surface area contributed by atoms with Crippen molar-refractivity contribution in [2.75, 3.05) is 0 Å². The fourth-order valence-electron chi connectivity index (χ4n) is 2.79. The van der Waals surface area contributed by atoms with Crippen LogP contribution in [0.15, 0.2) is 28.7 Å². The van der Waals surface area contributed by atoms with Gasteiger partial charge in [0.05, 0.1) is 12.2 Å². The van der Waals surface area contributed by atoms with Gasteiger partial charge in [-0.25, -0.2) is 4.98 Å². The zero-order chi connectivity index (χ0) is 15.0. The van der Waals surface area contributed by atoms with Crippen LogP contribution >= 0.6 is 0 Å². The van der Waals surface area contributed by atoms with Gasteiger partial charge in [-0.2, -0.15) is 0 Å². The van der Waals surface area contributed by atoms with E-state index >= 15 is 0 Å². The molecule has 4 nitrogen and oxygen atoms in total. The van der Waals surface area contributed by atoms with Crippen LogP contribution in [0.25, 0.3) is 10.9 Å². The summed E-state index contributed by atoms with van der Waals surface area (Å²) in [5, 5.41) is 4.74. The Morgan fingerprint density at radius 3 is 2.57 bits per heavy atom. The molecular weight excluding hydrogens is 262 g/mol. The summed E-state index contributed by atoms with van der Waals surface area (Å²) in [7, 11) is 2.12. The van der Waals surface area contributed by atoms with Crippen LogP contribution in [0.3, 0.4) is 0 Å². The predicted octanol–water partition coefficient (Wildman–Crippen LogP) is 3.38. The molecular formula is C17H21N3O. The number of para-hydroxylation sites is 1. The number of hydrogen-bond acceptors (Lipinski definition) is 3. The van der Waals surface area contributed by atoms with Gasteiger partial charge < -0.3 is 14.3 Å². The van der Waals surface area contributed by atoms with Gasteiger partial charge in [0, 0.05) is 30.2 Å². The first-order chi connectivity index (χ1) is 10.1. The summed E-state index contributed by atoms with van der Waals surface area (Å²) in [6, 6.07) is 8.50. The zero-order valence-corrected chi connectivity index (χ0v) is 13.0. The normalized spacial score (nSPS) is 11.4. The Morgan fingerprint density at radius 2 is 1.90 bits per heavy atom. The lowest BCUT2D eigenvalue weighted by atomic mass is 10.1. The van der Waals surface area contributed by atoms with Gasteiger partial charge in [-0.15, -0.1) is 0 Å². The third kappa shape index (κ3) is 2.47. The van der Waals surface area contributed by atoms with Crippen LogP contribution in [0, 0.1) is 20.8 Å². The Hall–Kier alpha value is -2.07. The molecule has 1 aromatic carbocycles. The van der Waals surface area contributed by atoms with E-state index in [9.17, 15) is 0 Å². The standard InChI is InChI=1S/C17H21N3O/c1-11-14-7-5-6-8-15(14)20(4)16(11)9-18-10-17-19-12(2)13(3)21-17/h5-8,18H,9-10H2,1-4H3. The van der Waals surface area contributed by atoms with E-state index in [0.717, 1.165) is 23.9 Å². The number of rotatable bonds is 4. The summed E-state index contributed by atoms with van der Waals surface area (Å²) < 4.78 is 7.84. The van der Waals surface area contributed by atoms with E-state index in [1.807, 2.05) is 13.8 Å². The Kier molecular flexibility index (Phi) is 3.55. The van der Waals surface area contributed by atoms with Crippen LogP contribution in [0.5, 0.6) is 0 Å². The van der Waals surface area contributed by atoms with E-state index in [0.29, 0.717) is 6.54 Å². The maximum absolute atomic E-state index is 5.59. The molecule has 0 fully saturated rings. The summed E-state index contributed by atoms with van der Waals surface area (Å²) in [6.45, 7) is 7.54. The van der Waals surface area contributed by atoms with Crippen molar-refractivity contribution in [3.8, 4) is 0 Å². The van der Waals surface area contributed by atoms with E-state index in [4.69, 9.17) is 4.42 Å². The van der Waals surface area contributed by atoms with E-state index < -0.39 is 0 Å². The molecule has 0 atom stereocenters. The maximum atomic E-state index is 5.59. The van der Waals surface area contributed by atoms with Gasteiger partial charge in [0.15, 0.2) is 0 Å². The molecule has 4 heteroatoms. The summed E-state index contributed by atoms with van der Waals surface area (Å²) in [5.74, 6) is 1.65. The molecule has 2 aromatic heterocycles. The van der Waals surface area contributed by atoms with Crippen molar-refractivity contribution in [1.82, 2.24) is 14.9 Å². The van der Waals surface area contributed by atoms with Gasteiger partial charge in [0.25, 0.3) is 0 Å². The Balaban J connectivity index is 1.76. The molecule has 0 aliphatic heterocycles. The lowest BCUT2D eigenvalue weighted by Gasteiger charge is -2.06. The number of hydrogen-bond donors (Lipinski definition) is 1. The second-order valence-corrected chi connectivity index (χ2v) is 5.50. The average molecular weight is 283 g/mol. The van der Waals surface area contributed by atoms with Gasteiger partial charge >= 0.3 is 0 Å². The van der Waals surface area contributed by atoms with Crippen molar-refractivity contribution in [2.45, 2.75) is 33.9 Å². The molecule has 3 rings (SSSR count). The van der Waals surface area contributed by atoms with Crippen molar-refractivity contribution in [1.29, 1.82) is 0 Å². The largest absolute Gasteiger partial charge is 0.444 e. The van der Waals surface area contributed by atoms with E-state index in [1.165, 1.54) is 22.2 Å². The van der Waals surface area contributed by atoms with Gasteiger partial charge in [0.2, 0.25) is 5.89 Å². The summed E-state index contributed by atoms with van der Waals surface area (Å²) in [6.07, 6.45) is 0. The third-order valence-electron chi connectivity index (χ3n) is 4.15. The number of aromatic nitrogens is 2. The van der Waals surface area contributed by atoms with Crippen molar-refractivity contribution >= 4 is 10.9 Å². The molecule has 0 unspecified atom stereocenters. The Labute approximate surface area is 124 Å². The molecule has 0 radical (unpaired) electrons. The zero-order valence-electron chi connectivity index (χ0n) is 13.0. The second-order valence-electron chi connectivity index (χ2n) is 5.50.